The summed E-state index contributed by atoms with van der Waals surface area (Å²) >= 11 is 1.73. The monoisotopic (exact) mass is 251 g/mol. The lowest BCUT2D eigenvalue weighted by Gasteiger charge is -2.11. The molecule has 0 aromatic carbocycles. The van der Waals surface area contributed by atoms with Crippen molar-refractivity contribution >= 4 is 27.4 Å². The lowest BCUT2D eigenvalue weighted by atomic mass is 10.3. The van der Waals surface area contributed by atoms with Crippen molar-refractivity contribution in [3.05, 3.63) is 17.3 Å². The molecule has 0 bridgehead atoms. The molecule has 1 atom stereocenters. The van der Waals surface area contributed by atoms with Gasteiger partial charge in [-0.2, -0.15) is 0 Å². The number of hydrogen-bond donors (Lipinski definition) is 1. The van der Waals surface area contributed by atoms with Gasteiger partial charge >= 0.3 is 0 Å². The van der Waals surface area contributed by atoms with E-state index in [-0.39, 0.29) is 6.10 Å². The van der Waals surface area contributed by atoms with Crippen LogP contribution >= 0.6 is 11.3 Å². The van der Waals surface area contributed by atoms with Crippen LogP contribution in [0.3, 0.4) is 0 Å². The van der Waals surface area contributed by atoms with E-state index >= 15 is 0 Å². The second-order valence-electron chi connectivity index (χ2n) is 3.93. The Morgan fingerprint density at radius 3 is 3.00 bits per heavy atom. The third-order valence-corrected chi connectivity index (χ3v) is 3.88. The first-order valence-electron chi connectivity index (χ1n) is 5.74. The normalized spacial score (nSPS) is 12.9. The number of methoxy groups -OCH3 is 1. The predicted molar refractivity (Wildman–Crippen MR) is 71.8 cm³/mol. The highest BCUT2D eigenvalue weighted by Gasteiger charge is 2.08. The van der Waals surface area contributed by atoms with E-state index in [4.69, 9.17) is 4.74 Å². The van der Waals surface area contributed by atoms with Gasteiger partial charge in [-0.3, -0.25) is 0 Å². The third-order valence-electron chi connectivity index (χ3n) is 2.69. The number of fused-ring (bicyclic) bond motifs is 1. The fourth-order valence-corrected chi connectivity index (χ4v) is 2.48. The average Bonchev–Trinajstić information content (AvgIpc) is 2.79. The molecule has 1 unspecified atom stereocenters. The first kappa shape index (κ1) is 12.3. The van der Waals surface area contributed by atoms with Crippen LogP contribution in [0.5, 0.6) is 0 Å². The van der Waals surface area contributed by atoms with Crippen molar-refractivity contribution in [3.8, 4) is 0 Å². The van der Waals surface area contributed by atoms with Crippen molar-refractivity contribution in [1.29, 1.82) is 0 Å². The molecule has 1 N–H and O–H groups in total. The molecule has 0 saturated carbocycles. The van der Waals surface area contributed by atoms with Gasteiger partial charge in [0.05, 0.1) is 11.5 Å². The van der Waals surface area contributed by atoms with E-state index in [1.807, 2.05) is 6.92 Å². The Morgan fingerprint density at radius 2 is 2.29 bits per heavy atom. The summed E-state index contributed by atoms with van der Waals surface area (Å²) in [7, 11) is 1.71. The SMILES string of the molecule is CCc1cc2c(NCC(C)OC)ncnc2s1. The molecule has 2 rings (SSSR count). The fraction of sp³-hybridized carbons (Fsp3) is 0.500. The average molecular weight is 251 g/mol. The van der Waals surface area contributed by atoms with E-state index in [2.05, 4.69) is 28.3 Å². The minimum Gasteiger partial charge on any atom is -0.380 e. The topological polar surface area (TPSA) is 47.0 Å². The lowest BCUT2D eigenvalue weighted by Crippen LogP contribution is -2.18. The molecule has 0 saturated heterocycles. The molecular weight excluding hydrogens is 234 g/mol. The van der Waals surface area contributed by atoms with Gasteiger partial charge in [0.25, 0.3) is 0 Å². The highest BCUT2D eigenvalue weighted by atomic mass is 32.1. The molecule has 0 fully saturated rings. The van der Waals surface area contributed by atoms with Crippen LogP contribution in [-0.2, 0) is 11.2 Å². The molecule has 0 aliphatic rings. The fourth-order valence-electron chi connectivity index (χ4n) is 1.54. The van der Waals surface area contributed by atoms with Crippen LogP contribution in [0, 0.1) is 0 Å². The van der Waals surface area contributed by atoms with Crippen LogP contribution in [-0.4, -0.2) is 29.7 Å². The Hall–Kier alpha value is -1.20. The number of nitrogens with zero attached hydrogens (tertiary/aromatic N) is 2. The van der Waals surface area contributed by atoms with Crippen molar-refractivity contribution in [2.24, 2.45) is 0 Å². The van der Waals surface area contributed by atoms with E-state index < -0.39 is 0 Å². The van der Waals surface area contributed by atoms with Crippen LogP contribution in [0.15, 0.2) is 12.4 Å². The number of nitrogens with one attached hydrogen (secondary N) is 1. The van der Waals surface area contributed by atoms with E-state index in [1.54, 1.807) is 24.8 Å². The van der Waals surface area contributed by atoms with Gasteiger partial charge in [-0.05, 0) is 19.4 Å². The summed E-state index contributed by atoms with van der Waals surface area (Å²) in [5.74, 6) is 0.898. The molecule has 0 aliphatic heterocycles. The highest BCUT2D eigenvalue weighted by Crippen LogP contribution is 2.28. The summed E-state index contributed by atoms with van der Waals surface area (Å²) in [5, 5.41) is 4.42. The minimum atomic E-state index is 0.171. The molecule has 2 aromatic heterocycles. The number of aromatic nitrogens is 2. The highest BCUT2D eigenvalue weighted by molar-refractivity contribution is 7.18. The zero-order valence-corrected chi connectivity index (χ0v) is 11.2. The molecule has 2 aromatic rings. The summed E-state index contributed by atoms with van der Waals surface area (Å²) in [6.07, 6.45) is 2.82. The third kappa shape index (κ3) is 2.73. The number of aryl methyl sites for hydroxylation is 1. The number of ether oxygens (including phenoxy) is 1. The minimum absolute atomic E-state index is 0.171. The van der Waals surface area contributed by atoms with Crippen LogP contribution in [0.2, 0.25) is 0 Å². The van der Waals surface area contributed by atoms with Crippen LogP contribution in [0.4, 0.5) is 5.82 Å². The first-order chi connectivity index (χ1) is 8.24. The van der Waals surface area contributed by atoms with Gasteiger partial charge in [0.2, 0.25) is 0 Å². The molecule has 92 valence electrons. The Morgan fingerprint density at radius 1 is 1.47 bits per heavy atom. The summed E-state index contributed by atoms with van der Waals surface area (Å²) in [4.78, 5) is 11.0. The Kier molecular flexibility index (Phi) is 3.91. The molecular formula is C12H17N3OS. The largest absolute Gasteiger partial charge is 0.380 e. The summed E-state index contributed by atoms with van der Waals surface area (Å²) in [6.45, 7) is 4.93. The molecule has 5 heteroatoms. The van der Waals surface area contributed by atoms with Crippen molar-refractivity contribution in [2.45, 2.75) is 26.4 Å². The second-order valence-corrected chi connectivity index (χ2v) is 5.05. The van der Waals surface area contributed by atoms with Crippen molar-refractivity contribution in [2.75, 3.05) is 19.0 Å². The standard InChI is InChI=1S/C12H17N3OS/c1-4-9-5-10-11(13-6-8(2)16-3)14-7-15-12(10)17-9/h5,7-8H,4,6H2,1-3H3,(H,13,14,15). The maximum absolute atomic E-state index is 5.21. The molecule has 0 radical (unpaired) electrons. The molecule has 17 heavy (non-hydrogen) atoms. The van der Waals surface area contributed by atoms with E-state index in [0.29, 0.717) is 0 Å². The van der Waals surface area contributed by atoms with Gasteiger partial charge < -0.3 is 10.1 Å². The van der Waals surface area contributed by atoms with Gasteiger partial charge in [0.15, 0.2) is 0 Å². The first-order valence-corrected chi connectivity index (χ1v) is 6.56. The van der Waals surface area contributed by atoms with E-state index in [0.717, 1.165) is 29.0 Å². The van der Waals surface area contributed by atoms with Gasteiger partial charge in [-0.1, -0.05) is 6.92 Å². The van der Waals surface area contributed by atoms with Crippen molar-refractivity contribution in [1.82, 2.24) is 9.97 Å². The van der Waals surface area contributed by atoms with E-state index in [9.17, 15) is 0 Å². The van der Waals surface area contributed by atoms with Gasteiger partial charge in [-0.15, -0.1) is 11.3 Å². The second kappa shape index (κ2) is 5.42. The van der Waals surface area contributed by atoms with Crippen molar-refractivity contribution < 1.29 is 4.74 Å². The van der Waals surface area contributed by atoms with Crippen LogP contribution in [0.1, 0.15) is 18.7 Å². The molecule has 0 amide bonds. The van der Waals surface area contributed by atoms with Gasteiger partial charge in [0, 0.05) is 18.5 Å². The van der Waals surface area contributed by atoms with Gasteiger partial charge in [-0.25, -0.2) is 9.97 Å². The number of anilines is 1. The number of hydrogen-bond acceptors (Lipinski definition) is 5. The smallest absolute Gasteiger partial charge is 0.138 e. The zero-order chi connectivity index (χ0) is 12.3. The van der Waals surface area contributed by atoms with Gasteiger partial charge in [0.1, 0.15) is 17.0 Å². The molecule has 0 spiro atoms. The molecule has 4 nitrogen and oxygen atoms in total. The zero-order valence-electron chi connectivity index (χ0n) is 10.4. The van der Waals surface area contributed by atoms with Crippen LogP contribution in [0.25, 0.3) is 10.2 Å². The summed E-state index contributed by atoms with van der Waals surface area (Å²) in [5.41, 5.74) is 0. The maximum atomic E-state index is 5.21. The Balaban J connectivity index is 2.24. The quantitative estimate of drug-likeness (QED) is 0.887. The summed E-state index contributed by atoms with van der Waals surface area (Å²) in [6, 6.07) is 2.17. The van der Waals surface area contributed by atoms with Crippen LogP contribution < -0.4 is 5.32 Å². The lowest BCUT2D eigenvalue weighted by molar-refractivity contribution is 0.128. The molecule has 2 heterocycles. The van der Waals surface area contributed by atoms with E-state index in [1.165, 1.54) is 4.88 Å². The van der Waals surface area contributed by atoms with Crippen molar-refractivity contribution in [3.63, 3.8) is 0 Å². The summed E-state index contributed by atoms with van der Waals surface area (Å²) < 4.78 is 5.21. The Bertz CT molecular complexity index is 497. The predicted octanol–water partition coefficient (Wildman–Crippen LogP) is 2.70. The number of rotatable bonds is 5. The molecule has 0 aliphatic carbocycles. The number of thiophene rings is 1. The maximum Gasteiger partial charge on any atom is 0.138 e. The Labute approximate surface area is 105 Å².